The van der Waals surface area contributed by atoms with Crippen molar-refractivity contribution in [3.8, 4) is 5.75 Å². The fourth-order valence-corrected chi connectivity index (χ4v) is 2.64. The minimum Gasteiger partial charge on any atom is -0.497 e. The maximum Gasteiger partial charge on any atom is 0.343 e. The van der Waals surface area contributed by atoms with Gasteiger partial charge in [0.1, 0.15) is 11.9 Å². The van der Waals surface area contributed by atoms with Gasteiger partial charge in [0, 0.05) is 24.4 Å². The van der Waals surface area contributed by atoms with Gasteiger partial charge in [-0.2, -0.15) is 0 Å². The van der Waals surface area contributed by atoms with Crippen LogP contribution in [0.25, 0.3) is 5.57 Å². The normalized spacial score (nSPS) is 22.8. The van der Waals surface area contributed by atoms with E-state index >= 15 is 0 Å². The molecule has 6 heteroatoms. The average Bonchev–Trinajstić information content (AvgIpc) is 2.46. The smallest absolute Gasteiger partial charge is 0.343 e. The van der Waals surface area contributed by atoms with Crippen molar-refractivity contribution in [1.29, 1.82) is 0 Å². The first-order chi connectivity index (χ1) is 9.93. The number of rotatable bonds is 4. The summed E-state index contributed by atoms with van der Waals surface area (Å²) >= 11 is 0. The second kappa shape index (κ2) is 6.39. The van der Waals surface area contributed by atoms with E-state index in [1.165, 1.54) is 6.66 Å². The number of carbonyl (C=O) groups excluding carboxylic acids is 1. The monoisotopic (exact) mass is 309 g/mol. The predicted octanol–water partition coefficient (Wildman–Crippen LogP) is 2.58. The van der Waals surface area contributed by atoms with E-state index < -0.39 is 13.7 Å². The zero-order chi connectivity index (χ0) is 15.5. The molecule has 0 bridgehead atoms. The van der Waals surface area contributed by atoms with Crippen molar-refractivity contribution >= 4 is 19.0 Å². The Kier molecular flexibility index (Phi) is 4.78. The molecular formula is C15H18O5P+. The highest BCUT2D eigenvalue weighted by molar-refractivity contribution is 7.51. The van der Waals surface area contributed by atoms with E-state index in [0.29, 0.717) is 5.78 Å². The summed E-state index contributed by atoms with van der Waals surface area (Å²) in [5.74, 6) is 1.40. The molecular weight excluding hydrogens is 291 g/mol. The van der Waals surface area contributed by atoms with Crippen molar-refractivity contribution in [2.45, 2.75) is 6.10 Å². The Morgan fingerprint density at radius 1 is 1.29 bits per heavy atom. The zero-order valence-corrected chi connectivity index (χ0v) is 13.0. The van der Waals surface area contributed by atoms with Crippen LogP contribution >= 0.6 is 7.60 Å². The molecule has 1 aromatic carbocycles. The molecule has 0 spiro atoms. The summed E-state index contributed by atoms with van der Waals surface area (Å²) < 4.78 is 27.1. The highest BCUT2D eigenvalue weighted by Gasteiger charge is 2.26. The van der Waals surface area contributed by atoms with Crippen molar-refractivity contribution < 1.29 is 23.1 Å². The summed E-state index contributed by atoms with van der Waals surface area (Å²) in [5.41, 5.74) is 1.63. The summed E-state index contributed by atoms with van der Waals surface area (Å²) in [5, 5.41) is 0. The molecule has 21 heavy (non-hydrogen) atoms. The van der Waals surface area contributed by atoms with E-state index in [-0.39, 0.29) is 0 Å². The summed E-state index contributed by atoms with van der Waals surface area (Å²) in [4.78, 5) is 9.45. The van der Waals surface area contributed by atoms with Crippen LogP contribution < -0.4 is 4.74 Å². The molecule has 0 fully saturated rings. The first-order valence-electron chi connectivity index (χ1n) is 6.37. The second-order valence-corrected chi connectivity index (χ2v) is 6.44. The second-order valence-electron chi connectivity index (χ2n) is 4.62. The third-order valence-electron chi connectivity index (χ3n) is 3.01. The van der Waals surface area contributed by atoms with Crippen molar-refractivity contribution in [3.05, 3.63) is 48.1 Å². The fourth-order valence-electron chi connectivity index (χ4n) is 2.03. The third kappa shape index (κ3) is 4.14. The average molecular weight is 309 g/mol. The Morgan fingerprint density at radius 3 is 2.48 bits per heavy atom. The van der Waals surface area contributed by atoms with E-state index in [1.807, 2.05) is 24.3 Å². The standard InChI is InChI=1S/C15H17O5P/c1-18-12-6-4-11(5-7-12)14-10-13(19-2)8-9-15(14)20-21(3,16)17/h4-10,15H,1-3H3/p+1. The molecule has 0 aliphatic heterocycles. The third-order valence-corrected chi connectivity index (χ3v) is 3.63. The molecule has 2 unspecified atom stereocenters. The number of ketones is 1. The van der Waals surface area contributed by atoms with Gasteiger partial charge >= 0.3 is 13.4 Å². The lowest BCUT2D eigenvalue weighted by Gasteiger charge is -2.21. The summed E-state index contributed by atoms with van der Waals surface area (Å²) in [6, 6.07) is 7.38. The molecule has 0 saturated heterocycles. The van der Waals surface area contributed by atoms with Crippen molar-refractivity contribution in [3.63, 3.8) is 0 Å². The van der Waals surface area contributed by atoms with E-state index in [4.69, 9.17) is 13.7 Å². The van der Waals surface area contributed by atoms with Crippen LogP contribution in [0.4, 0.5) is 0 Å². The van der Waals surface area contributed by atoms with E-state index in [1.54, 1.807) is 32.4 Å². The molecule has 2 rings (SSSR count). The molecule has 1 aliphatic carbocycles. The Hall–Kier alpha value is -1.68. The van der Waals surface area contributed by atoms with Crippen LogP contribution in [0.3, 0.4) is 0 Å². The molecule has 0 amide bonds. The molecule has 1 aliphatic rings. The predicted molar refractivity (Wildman–Crippen MR) is 81.7 cm³/mol. The molecule has 0 heterocycles. The van der Waals surface area contributed by atoms with Crippen LogP contribution in [0.2, 0.25) is 0 Å². The lowest BCUT2D eigenvalue weighted by Crippen LogP contribution is -2.16. The largest absolute Gasteiger partial charge is 0.497 e. The van der Waals surface area contributed by atoms with Crippen LogP contribution in [0, 0.1) is 0 Å². The van der Waals surface area contributed by atoms with Gasteiger partial charge in [-0.25, -0.2) is 0 Å². The maximum absolute atomic E-state index is 11.5. The van der Waals surface area contributed by atoms with Gasteiger partial charge in [-0.3, -0.25) is 13.5 Å². The highest BCUT2D eigenvalue weighted by atomic mass is 31.2. The Labute approximate surface area is 123 Å². The van der Waals surface area contributed by atoms with Crippen LogP contribution in [0.5, 0.6) is 5.75 Å². The van der Waals surface area contributed by atoms with Crippen molar-refractivity contribution in [2.24, 2.45) is 0 Å². The first-order valence-corrected chi connectivity index (χ1v) is 8.39. The van der Waals surface area contributed by atoms with E-state index in [2.05, 4.69) is 0 Å². The molecule has 2 atom stereocenters. The number of hydrogen-bond acceptors (Lipinski definition) is 3. The van der Waals surface area contributed by atoms with Gasteiger partial charge in [-0.1, -0.05) is 12.1 Å². The van der Waals surface area contributed by atoms with E-state index in [0.717, 1.165) is 16.9 Å². The number of allylic oxidation sites excluding steroid dienone is 2. The van der Waals surface area contributed by atoms with Gasteiger partial charge < -0.3 is 9.63 Å². The minimum absolute atomic E-state index is 0.599. The summed E-state index contributed by atoms with van der Waals surface area (Å²) in [7, 11) is -0.436. The highest BCUT2D eigenvalue weighted by Crippen LogP contribution is 2.42. The quantitative estimate of drug-likeness (QED) is 0.686. The van der Waals surface area contributed by atoms with Gasteiger partial charge in [-0.05, 0) is 23.8 Å². The van der Waals surface area contributed by atoms with Crippen molar-refractivity contribution in [2.75, 3.05) is 20.9 Å². The number of methoxy groups -OCH3 is 1. The molecule has 0 radical (unpaired) electrons. The summed E-state index contributed by atoms with van der Waals surface area (Å²) in [6.45, 7) is 1.17. The van der Waals surface area contributed by atoms with Gasteiger partial charge in [0.2, 0.25) is 0 Å². The Bertz CT molecular complexity index is 637. The fraction of sp³-hybridized carbons (Fsp3) is 0.267. The molecule has 1 N–H and O–H groups in total. The van der Waals surface area contributed by atoms with Gasteiger partial charge in [-0.15, -0.1) is 0 Å². The molecule has 112 valence electrons. The minimum atomic E-state index is -3.60. The van der Waals surface area contributed by atoms with Gasteiger partial charge in [0.15, 0.2) is 0 Å². The van der Waals surface area contributed by atoms with E-state index in [9.17, 15) is 9.46 Å². The molecule has 1 aromatic rings. The summed E-state index contributed by atoms with van der Waals surface area (Å²) in [6.07, 6.45) is 4.61. The molecule has 0 saturated carbocycles. The van der Waals surface area contributed by atoms with Crippen LogP contribution in [0.15, 0.2) is 42.5 Å². The van der Waals surface area contributed by atoms with Gasteiger partial charge in [0.05, 0.1) is 7.11 Å². The van der Waals surface area contributed by atoms with Crippen molar-refractivity contribution in [1.82, 2.24) is 0 Å². The lowest BCUT2D eigenvalue weighted by atomic mass is 9.95. The molecule has 0 aromatic heterocycles. The molecule has 5 nitrogen and oxygen atoms in total. The Morgan fingerprint density at radius 2 is 1.95 bits per heavy atom. The number of ether oxygens (including phenoxy) is 1. The lowest BCUT2D eigenvalue weighted by molar-refractivity contribution is -0.417. The van der Waals surface area contributed by atoms with Crippen LogP contribution in [-0.4, -0.2) is 37.7 Å². The topological polar surface area (TPSA) is 67.1 Å². The first kappa shape index (κ1) is 15.7. The van der Waals surface area contributed by atoms with Crippen LogP contribution in [-0.2, 0) is 13.5 Å². The van der Waals surface area contributed by atoms with Gasteiger partial charge in [0.25, 0.3) is 7.11 Å². The zero-order valence-electron chi connectivity index (χ0n) is 12.1. The maximum atomic E-state index is 11.5. The number of benzene rings is 1. The SMILES string of the molecule is COc1ccc(C2=CC(=[O+]C)C=CC2OP(C)(=O)O)cc1. The Balaban J connectivity index is 2.37. The van der Waals surface area contributed by atoms with Crippen LogP contribution in [0.1, 0.15) is 5.56 Å². The number of hydrogen-bond donors (Lipinski definition) is 1.